The van der Waals surface area contributed by atoms with Crippen molar-refractivity contribution >= 4 is 39.3 Å². The lowest BCUT2D eigenvalue weighted by Gasteiger charge is -2.11. The third-order valence-corrected chi connectivity index (χ3v) is 4.98. The summed E-state index contributed by atoms with van der Waals surface area (Å²) in [4.78, 5) is 16.2. The summed E-state index contributed by atoms with van der Waals surface area (Å²) in [6.45, 7) is 0. The maximum absolute atomic E-state index is 12.3. The normalized spacial score (nSPS) is 10.3. The number of benzene rings is 2. The molecule has 0 fully saturated rings. The Morgan fingerprint density at radius 1 is 1.27 bits per heavy atom. The summed E-state index contributed by atoms with van der Waals surface area (Å²) in [6, 6.07) is 15.0. The molecule has 6 nitrogen and oxygen atoms in total. The van der Waals surface area contributed by atoms with E-state index in [2.05, 4.69) is 37.4 Å². The Morgan fingerprint density at radius 2 is 2.08 bits per heavy atom. The van der Waals surface area contributed by atoms with Crippen LogP contribution in [-0.2, 0) is 10.5 Å². The van der Waals surface area contributed by atoms with Gasteiger partial charge in [0, 0.05) is 10.2 Å². The fraction of sp³-hybridized carbons (Fsp3) is 0.111. The third kappa shape index (κ3) is 4.71. The average Bonchev–Trinajstić information content (AvgIpc) is 3.17. The minimum absolute atomic E-state index is 0.0943. The van der Waals surface area contributed by atoms with Crippen LogP contribution in [0.2, 0.25) is 0 Å². The van der Waals surface area contributed by atoms with Crippen LogP contribution in [0.5, 0.6) is 0 Å². The monoisotopic (exact) mass is 427 g/mol. The summed E-state index contributed by atoms with van der Waals surface area (Å²) in [6.07, 6.45) is 3.03. The van der Waals surface area contributed by atoms with Crippen molar-refractivity contribution in [2.24, 2.45) is 0 Å². The largest absolute Gasteiger partial charge is 0.323 e. The molecule has 1 N–H and O–H groups in total. The summed E-state index contributed by atoms with van der Waals surface area (Å²) in [5.74, 6) is 0.930. The molecule has 2 aromatic carbocycles. The zero-order valence-electron chi connectivity index (χ0n) is 13.6. The van der Waals surface area contributed by atoms with Gasteiger partial charge in [0.05, 0.1) is 28.8 Å². The van der Waals surface area contributed by atoms with E-state index in [-0.39, 0.29) is 5.91 Å². The maximum Gasteiger partial charge on any atom is 0.234 e. The molecule has 0 unspecified atom stereocenters. The highest BCUT2D eigenvalue weighted by Crippen LogP contribution is 2.24. The number of carbonyl (C=O) groups excluding carboxylic acids is 1. The lowest BCUT2D eigenvalue weighted by atomic mass is 10.2. The van der Waals surface area contributed by atoms with Crippen molar-refractivity contribution in [3.8, 4) is 11.8 Å². The van der Waals surface area contributed by atoms with Gasteiger partial charge in [-0.15, -0.1) is 11.8 Å². The molecule has 0 saturated heterocycles. The first-order valence-corrected chi connectivity index (χ1v) is 9.61. The molecular formula is C18H14BrN5OS. The van der Waals surface area contributed by atoms with Crippen LogP contribution in [0.4, 0.5) is 5.69 Å². The van der Waals surface area contributed by atoms with Gasteiger partial charge in [0.2, 0.25) is 5.91 Å². The quantitative estimate of drug-likeness (QED) is 0.646. The summed E-state index contributed by atoms with van der Waals surface area (Å²) in [5, 5.41) is 15.8. The van der Waals surface area contributed by atoms with Crippen molar-refractivity contribution in [1.29, 1.82) is 5.26 Å². The van der Waals surface area contributed by atoms with Gasteiger partial charge in [0.15, 0.2) is 0 Å². The molecule has 0 aliphatic heterocycles. The van der Waals surface area contributed by atoms with Gasteiger partial charge in [-0.3, -0.25) is 4.79 Å². The van der Waals surface area contributed by atoms with Crippen LogP contribution in [0.1, 0.15) is 11.1 Å². The number of halogens is 1. The number of nitrogens with one attached hydrogen (secondary N) is 1. The minimum atomic E-state index is -0.0943. The molecule has 3 aromatic rings. The molecule has 0 bridgehead atoms. The first-order valence-electron chi connectivity index (χ1n) is 7.67. The number of hydrogen-bond acceptors (Lipinski definition) is 5. The number of aromatic nitrogens is 3. The van der Waals surface area contributed by atoms with Crippen LogP contribution < -0.4 is 5.32 Å². The van der Waals surface area contributed by atoms with Gasteiger partial charge in [0.1, 0.15) is 12.7 Å². The predicted molar refractivity (Wildman–Crippen MR) is 105 cm³/mol. The van der Waals surface area contributed by atoms with E-state index < -0.39 is 0 Å². The van der Waals surface area contributed by atoms with Gasteiger partial charge in [-0.05, 0) is 35.9 Å². The van der Waals surface area contributed by atoms with Crippen molar-refractivity contribution < 1.29 is 4.79 Å². The Balaban J connectivity index is 1.59. The molecular weight excluding hydrogens is 414 g/mol. The van der Waals surface area contributed by atoms with Gasteiger partial charge in [0.25, 0.3) is 0 Å². The van der Waals surface area contributed by atoms with E-state index in [1.54, 1.807) is 23.1 Å². The molecule has 26 heavy (non-hydrogen) atoms. The fourth-order valence-corrected chi connectivity index (χ4v) is 3.41. The van der Waals surface area contributed by atoms with E-state index >= 15 is 0 Å². The highest BCUT2D eigenvalue weighted by Gasteiger charge is 2.10. The van der Waals surface area contributed by atoms with Crippen molar-refractivity contribution in [3.05, 3.63) is 70.7 Å². The van der Waals surface area contributed by atoms with Gasteiger partial charge < -0.3 is 5.32 Å². The molecule has 0 saturated carbocycles. The van der Waals surface area contributed by atoms with E-state index in [0.717, 1.165) is 15.7 Å². The molecule has 1 heterocycles. The summed E-state index contributed by atoms with van der Waals surface area (Å²) in [5.41, 5.74) is 3.12. The van der Waals surface area contributed by atoms with Crippen molar-refractivity contribution in [3.63, 3.8) is 0 Å². The van der Waals surface area contributed by atoms with Crippen molar-refractivity contribution in [2.75, 3.05) is 11.1 Å². The molecule has 1 amide bonds. The second-order valence-corrected chi connectivity index (χ2v) is 7.25. The van der Waals surface area contributed by atoms with Crippen molar-refractivity contribution in [1.82, 2.24) is 14.8 Å². The molecule has 0 spiro atoms. The van der Waals surface area contributed by atoms with Gasteiger partial charge >= 0.3 is 0 Å². The topological polar surface area (TPSA) is 83.6 Å². The number of amides is 1. The number of anilines is 1. The molecule has 0 aliphatic rings. The van der Waals surface area contributed by atoms with E-state index in [0.29, 0.717) is 22.8 Å². The molecule has 1 aromatic heterocycles. The highest BCUT2D eigenvalue weighted by molar-refractivity contribution is 9.10. The number of carbonyl (C=O) groups is 1. The Bertz CT molecular complexity index is 935. The number of hydrogen-bond donors (Lipinski definition) is 1. The maximum atomic E-state index is 12.3. The lowest BCUT2D eigenvalue weighted by Crippen LogP contribution is -2.16. The minimum Gasteiger partial charge on any atom is -0.323 e. The van der Waals surface area contributed by atoms with Crippen LogP contribution in [0.3, 0.4) is 0 Å². The molecule has 8 heteroatoms. The lowest BCUT2D eigenvalue weighted by molar-refractivity contribution is -0.113. The predicted octanol–water partition coefficient (Wildman–Crippen LogP) is 3.77. The number of rotatable bonds is 6. The van der Waals surface area contributed by atoms with E-state index in [1.165, 1.54) is 18.1 Å². The zero-order valence-corrected chi connectivity index (χ0v) is 16.0. The van der Waals surface area contributed by atoms with Crippen LogP contribution >= 0.6 is 27.7 Å². The molecule has 130 valence electrons. The van der Waals surface area contributed by atoms with Crippen molar-refractivity contribution in [2.45, 2.75) is 5.75 Å². The Hall–Kier alpha value is -2.63. The average molecular weight is 428 g/mol. The first-order chi connectivity index (χ1) is 12.7. The third-order valence-electron chi connectivity index (χ3n) is 3.48. The van der Waals surface area contributed by atoms with Gasteiger partial charge in [-0.1, -0.05) is 28.1 Å². The Labute approximate surface area is 163 Å². The van der Waals surface area contributed by atoms with E-state index in [4.69, 9.17) is 5.26 Å². The smallest absolute Gasteiger partial charge is 0.234 e. The number of thioether (sulfide) groups is 1. The first kappa shape index (κ1) is 18.2. The van der Waals surface area contributed by atoms with Crippen LogP contribution in [0.25, 0.3) is 5.69 Å². The Morgan fingerprint density at radius 3 is 2.77 bits per heavy atom. The molecule has 0 aliphatic carbocycles. The van der Waals surface area contributed by atoms with Gasteiger partial charge in [-0.25, -0.2) is 9.67 Å². The van der Waals surface area contributed by atoms with Crippen LogP contribution in [0, 0.1) is 11.3 Å². The molecule has 0 atom stereocenters. The SMILES string of the molecule is N#Cc1ccc(CSCC(=O)Nc2cc(Br)ccc2-n2cncn2)cc1. The second kappa shape index (κ2) is 8.65. The van der Waals surface area contributed by atoms with Crippen LogP contribution in [0.15, 0.2) is 59.6 Å². The summed E-state index contributed by atoms with van der Waals surface area (Å²) < 4.78 is 2.47. The Kier molecular flexibility index (Phi) is 6.04. The number of nitriles is 1. The summed E-state index contributed by atoms with van der Waals surface area (Å²) in [7, 11) is 0. The second-order valence-electron chi connectivity index (χ2n) is 5.35. The number of nitrogens with zero attached hydrogens (tertiary/aromatic N) is 4. The van der Waals surface area contributed by atoms with Crippen LogP contribution in [-0.4, -0.2) is 26.4 Å². The fourth-order valence-electron chi connectivity index (χ4n) is 2.26. The molecule has 0 radical (unpaired) electrons. The highest BCUT2D eigenvalue weighted by atomic mass is 79.9. The van der Waals surface area contributed by atoms with Gasteiger partial charge in [-0.2, -0.15) is 10.4 Å². The molecule has 3 rings (SSSR count). The summed E-state index contributed by atoms with van der Waals surface area (Å²) >= 11 is 4.93. The standard InChI is InChI=1S/C18H14BrN5OS/c19-15-5-6-17(24-12-21-11-22-24)16(7-15)23-18(25)10-26-9-14-3-1-13(8-20)2-4-14/h1-7,11-12H,9-10H2,(H,23,25). The van der Waals surface area contributed by atoms with E-state index in [1.807, 2.05) is 30.3 Å². The van der Waals surface area contributed by atoms with E-state index in [9.17, 15) is 4.79 Å². The zero-order chi connectivity index (χ0) is 18.4.